The molecule has 0 atom stereocenters. The Labute approximate surface area is 359 Å². The maximum atomic E-state index is 13.8. The smallest absolute Gasteiger partial charge is 0.309 e. The molecule has 0 spiro atoms. The van der Waals surface area contributed by atoms with Crippen molar-refractivity contribution in [2.45, 2.75) is 11.0 Å². The third kappa shape index (κ3) is 13.8. The Morgan fingerprint density at radius 3 is 0.526 bits per heavy atom. The van der Waals surface area contributed by atoms with Crippen LogP contribution in [0, 0.1) is 41.7 Å². The maximum Gasteiger partial charge on any atom is 0.522 e. The molecule has 0 amide bonds. The van der Waals surface area contributed by atoms with Crippen molar-refractivity contribution in [1.29, 1.82) is 0 Å². The van der Waals surface area contributed by atoms with Gasteiger partial charge in [0, 0.05) is 73.6 Å². The molecule has 300 valence electrons. The average molecular weight is 997 g/mol. The Balaban J connectivity index is 0.000000285. The standard InChI is InChI=1S/2C18H15OP.2CHF3O3S.Ce/c2*19-20(16-10-4-1-5-11-16,17-12-6-2-7-13-17)18-14-8-3-9-15-18;2*2-1(3,4)8(5,6)7;/h2*1-15H;2*(H,5,6,7);. The molecule has 0 aliphatic heterocycles. The number of hydrogen-bond acceptors (Lipinski definition) is 6. The summed E-state index contributed by atoms with van der Waals surface area (Å²) in [5.41, 5.74) is -11.1. The molecule has 57 heavy (non-hydrogen) atoms. The van der Waals surface area contributed by atoms with E-state index in [0.717, 1.165) is 31.8 Å². The van der Waals surface area contributed by atoms with Gasteiger partial charge in [-0.15, -0.1) is 0 Å². The van der Waals surface area contributed by atoms with Crippen molar-refractivity contribution in [3.63, 3.8) is 0 Å². The summed E-state index contributed by atoms with van der Waals surface area (Å²) in [6, 6.07) is 58.3. The van der Waals surface area contributed by atoms with Crippen LogP contribution < -0.4 is 31.8 Å². The van der Waals surface area contributed by atoms with Crippen LogP contribution in [0.3, 0.4) is 0 Å². The monoisotopic (exact) mass is 996 g/mol. The van der Waals surface area contributed by atoms with Gasteiger partial charge in [-0.05, 0) is 0 Å². The summed E-state index contributed by atoms with van der Waals surface area (Å²) in [7, 11) is -17.2. The molecule has 6 aromatic rings. The first-order valence-corrected chi connectivity index (χ1v) is 22.0. The summed E-state index contributed by atoms with van der Waals surface area (Å²) >= 11 is 0. The normalized spacial score (nSPS) is 11.8. The van der Waals surface area contributed by atoms with Gasteiger partial charge in [0.2, 0.25) is 0 Å². The minimum Gasteiger partial charge on any atom is -0.309 e. The molecule has 0 bridgehead atoms. The minimum atomic E-state index is -5.84. The molecule has 19 heteroatoms. The first-order valence-electron chi connectivity index (χ1n) is 15.7. The van der Waals surface area contributed by atoms with Crippen molar-refractivity contribution in [2.24, 2.45) is 0 Å². The summed E-state index contributed by atoms with van der Waals surface area (Å²) in [6.45, 7) is 0. The van der Waals surface area contributed by atoms with E-state index in [1.807, 2.05) is 182 Å². The molecular weight excluding hydrogens is 965 g/mol. The second-order valence-corrected chi connectivity index (χ2v) is 19.4. The predicted octanol–water partition coefficient (Wildman–Crippen LogP) is 7.44. The number of rotatable bonds is 6. The summed E-state index contributed by atoms with van der Waals surface area (Å²) in [4.78, 5) is 0. The van der Waals surface area contributed by atoms with Gasteiger partial charge in [0.05, 0.1) is 0 Å². The quantitative estimate of drug-likeness (QED) is 0.0760. The van der Waals surface area contributed by atoms with Crippen molar-refractivity contribution in [3.8, 4) is 0 Å². The molecule has 2 N–H and O–H groups in total. The fourth-order valence-corrected chi connectivity index (χ4v) is 10.1. The van der Waals surface area contributed by atoms with E-state index in [1.165, 1.54) is 0 Å². The fourth-order valence-electron chi connectivity index (χ4n) is 4.72. The molecule has 8 nitrogen and oxygen atoms in total. The van der Waals surface area contributed by atoms with Crippen LogP contribution in [-0.4, -0.2) is 37.0 Å². The predicted molar refractivity (Wildman–Crippen MR) is 207 cm³/mol. The Morgan fingerprint density at radius 2 is 0.439 bits per heavy atom. The summed E-state index contributed by atoms with van der Waals surface area (Å²) in [5, 5.41) is 5.24. The van der Waals surface area contributed by atoms with Crippen molar-refractivity contribution in [1.82, 2.24) is 0 Å². The van der Waals surface area contributed by atoms with Gasteiger partial charge in [0.1, 0.15) is 0 Å². The Morgan fingerprint density at radius 1 is 0.333 bits per heavy atom. The summed E-state index contributed by atoms with van der Waals surface area (Å²) in [5.74, 6) is 0. The van der Waals surface area contributed by atoms with Gasteiger partial charge in [-0.3, -0.25) is 9.11 Å². The zero-order valence-corrected chi connectivity index (χ0v) is 35.7. The van der Waals surface area contributed by atoms with Gasteiger partial charge in [-0.1, -0.05) is 182 Å². The second kappa shape index (κ2) is 21.5. The van der Waals surface area contributed by atoms with E-state index in [-0.39, 0.29) is 41.7 Å². The molecule has 0 aliphatic carbocycles. The Kier molecular flexibility index (Phi) is 18.8. The zero-order chi connectivity index (χ0) is 41.7. The van der Waals surface area contributed by atoms with E-state index in [0.29, 0.717) is 0 Å². The van der Waals surface area contributed by atoms with E-state index >= 15 is 0 Å². The molecule has 0 aliphatic rings. The van der Waals surface area contributed by atoms with Gasteiger partial charge in [-0.25, -0.2) is 0 Å². The third-order valence-corrected chi connectivity index (χ3v) is 14.6. The number of hydrogen-bond donors (Lipinski definition) is 2. The number of halogens is 6. The zero-order valence-electron chi connectivity index (χ0n) is 29.1. The van der Waals surface area contributed by atoms with Crippen molar-refractivity contribution in [3.05, 3.63) is 182 Å². The van der Waals surface area contributed by atoms with E-state index in [1.54, 1.807) is 0 Å². The van der Waals surface area contributed by atoms with E-state index in [4.69, 9.17) is 25.9 Å². The van der Waals surface area contributed by atoms with Crippen LogP contribution in [-0.2, 0) is 29.4 Å². The van der Waals surface area contributed by atoms with Crippen LogP contribution in [0.25, 0.3) is 0 Å². The van der Waals surface area contributed by atoms with Crippen LogP contribution >= 0.6 is 14.3 Å². The average Bonchev–Trinajstić information content (AvgIpc) is 3.18. The van der Waals surface area contributed by atoms with Crippen LogP contribution in [0.4, 0.5) is 26.3 Å². The molecule has 0 saturated heterocycles. The van der Waals surface area contributed by atoms with Gasteiger partial charge >= 0.3 is 31.3 Å². The molecule has 0 fully saturated rings. The topological polar surface area (TPSA) is 143 Å². The van der Waals surface area contributed by atoms with E-state index < -0.39 is 45.5 Å². The largest absolute Gasteiger partial charge is 0.522 e. The van der Waals surface area contributed by atoms with Crippen molar-refractivity contribution >= 4 is 66.3 Å². The molecule has 6 rings (SSSR count). The Hall–Kier alpha value is -3.44. The van der Waals surface area contributed by atoms with Crippen molar-refractivity contribution < 1.29 is 103 Å². The fraction of sp³-hybridized carbons (Fsp3) is 0.0526. The van der Waals surface area contributed by atoms with Crippen molar-refractivity contribution in [2.75, 3.05) is 0 Å². The van der Waals surface area contributed by atoms with Gasteiger partial charge in [-0.2, -0.15) is 43.2 Å². The minimum absolute atomic E-state index is 0. The number of benzene rings is 6. The second-order valence-electron chi connectivity index (χ2n) is 11.1. The van der Waals surface area contributed by atoms with E-state index in [2.05, 4.69) is 0 Å². The molecule has 0 aromatic heterocycles. The van der Waals surface area contributed by atoms with Crippen LogP contribution in [0.2, 0.25) is 0 Å². The van der Waals surface area contributed by atoms with Gasteiger partial charge < -0.3 is 9.13 Å². The Bertz CT molecular complexity index is 2050. The van der Waals surface area contributed by atoms with E-state index in [9.17, 15) is 35.5 Å². The molecule has 0 unspecified atom stereocenters. The van der Waals surface area contributed by atoms with Crippen LogP contribution in [0.1, 0.15) is 0 Å². The SMILES string of the molecule is O=P(c1ccccc1)(c1ccccc1)c1ccccc1.O=P(c1ccccc1)(c1ccccc1)c1ccccc1.O=S(=O)(O)C(F)(F)F.O=S(=O)(O)C(F)(F)F.[Ce]. The van der Waals surface area contributed by atoms with Gasteiger partial charge in [0.15, 0.2) is 14.3 Å². The molecule has 6 aromatic carbocycles. The first-order chi connectivity index (χ1) is 26.1. The number of alkyl halides is 6. The maximum absolute atomic E-state index is 13.8. The van der Waals surface area contributed by atoms with Crippen LogP contribution in [0.15, 0.2) is 182 Å². The van der Waals surface area contributed by atoms with Gasteiger partial charge in [0.25, 0.3) is 0 Å². The summed E-state index contributed by atoms with van der Waals surface area (Å²) < 4.78 is 143. The molecular formula is C38H32CeF6O8P2S2. The first kappa shape index (κ1) is 49.7. The molecule has 0 saturated carbocycles. The third-order valence-electron chi connectivity index (χ3n) is 7.30. The molecule has 0 heterocycles. The molecule has 0 radical (unpaired) electrons. The summed E-state index contributed by atoms with van der Waals surface area (Å²) in [6.07, 6.45) is 0. The van der Waals surface area contributed by atoms with Crippen LogP contribution in [0.5, 0.6) is 0 Å².